The van der Waals surface area contributed by atoms with Crippen LogP contribution in [0.4, 0.5) is 0 Å². The first-order chi connectivity index (χ1) is 7.04. The SMILES string of the molecule is C=CCN1CC(=O)N[C@@H](CC(C)C)C1=O. The first kappa shape index (κ1) is 11.8. The third-order valence-electron chi connectivity index (χ3n) is 2.34. The van der Waals surface area contributed by atoms with E-state index in [1.807, 2.05) is 13.8 Å². The molecular weight excluding hydrogens is 192 g/mol. The Labute approximate surface area is 90.3 Å². The van der Waals surface area contributed by atoms with Crippen LogP contribution in [0, 0.1) is 5.92 Å². The van der Waals surface area contributed by atoms with Crippen molar-refractivity contribution in [2.45, 2.75) is 26.3 Å². The predicted molar refractivity (Wildman–Crippen MR) is 58.2 cm³/mol. The maximum absolute atomic E-state index is 11.9. The Morgan fingerprint density at radius 2 is 2.27 bits per heavy atom. The van der Waals surface area contributed by atoms with Gasteiger partial charge in [-0.25, -0.2) is 0 Å². The summed E-state index contributed by atoms with van der Waals surface area (Å²) in [5.41, 5.74) is 0. The second-order valence-corrected chi connectivity index (χ2v) is 4.26. The molecule has 1 N–H and O–H groups in total. The number of hydrogen-bond donors (Lipinski definition) is 1. The minimum atomic E-state index is -0.355. The van der Waals surface area contributed by atoms with Gasteiger partial charge in [0.25, 0.3) is 0 Å². The molecule has 0 aromatic rings. The van der Waals surface area contributed by atoms with Gasteiger partial charge in [0.15, 0.2) is 0 Å². The summed E-state index contributed by atoms with van der Waals surface area (Å²) in [5, 5.41) is 2.72. The van der Waals surface area contributed by atoms with Crippen LogP contribution in [0.1, 0.15) is 20.3 Å². The lowest BCUT2D eigenvalue weighted by Crippen LogP contribution is -2.58. The average Bonchev–Trinajstić information content (AvgIpc) is 2.12. The van der Waals surface area contributed by atoms with Gasteiger partial charge in [0, 0.05) is 6.54 Å². The van der Waals surface area contributed by atoms with Gasteiger partial charge < -0.3 is 10.2 Å². The number of nitrogens with one attached hydrogen (secondary N) is 1. The molecule has 1 rings (SSSR count). The molecule has 4 heteroatoms. The van der Waals surface area contributed by atoms with Crippen molar-refractivity contribution in [3.63, 3.8) is 0 Å². The largest absolute Gasteiger partial charge is 0.343 e. The van der Waals surface area contributed by atoms with Crippen LogP contribution in [0.2, 0.25) is 0 Å². The number of carbonyl (C=O) groups is 2. The quantitative estimate of drug-likeness (QED) is 0.689. The molecule has 0 spiro atoms. The zero-order valence-corrected chi connectivity index (χ0v) is 9.32. The van der Waals surface area contributed by atoms with E-state index >= 15 is 0 Å². The lowest BCUT2D eigenvalue weighted by Gasteiger charge is -2.32. The minimum Gasteiger partial charge on any atom is -0.343 e. The van der Waals surface area contributed by atoms with E-state index in [-0.39, 0.29) is 24.4 Å². The summed E-state index contributed by atoms with van der Waals surface area (Å²) >= 11 is 0. The Bertz CT molecular complexity index is 274. The molecule has 0 aliphatic carbocycles. The zero-order chi connectivity index (χ0) is 11.4. The molecule has 1 atom stereocenters. The van der Waals surface area contributed by atoms with Crippen LogP contribution in [0.25, 0.3) is 0 Å². The average molecular weight is 210 g/mol. The number of amides is 2. The monoisotopic (exact) mass is 210 g/mol. The number of rotatable bonds is 4. The summed E-state index contributed by atoms with van der Waals surface area (Å²) in [5.74, 6) is 0.313. The molecule has 0 aromatic carbocycles. The highest BCUT2D eigenvalue weighted by atomic mass is 16.2. The van der Waals surface area contributed by atoms with Crippen molar-refractivity contribution in [2.75, 3.05) is 13.1 Å². The Hall–Kier alpha value is -1.32. The molecule has 0 bridgehead atoms. The Kier molecular flexibility index (Phi) is 3.88. The number of carbonyl (C=O) groups excluding carboxylic acids is 2. The van der Waals surface area contributed by atoms with Crippen molar-refractivity contribution in [3.05, 3.63) is 12.7 Å². The molecule has 84 valence electrons. The zero-order valence-electron chi connectivity index (χ0n) is 9.32. The van der Waals surface area contributed by atoms with Crippen LogP contribution >= 0.6 is 0 Å². The van der Waals surface area contributed by atoms with Crippen molar-refractivity contribution in [1.82, 2.24) is 10.2 Å². The normalized spacial score (nSPS) is 21.8. The Morgan fingerprint density at radius 1 is 1.60 bits per heavy atom. The van der Waals surface area contributed by atoms with Crippen LogP contribution in [-0.2, 0) is 9.59 Å². The second kappa shape index (κ2) is 4.96. The van der Waals surface area contributed by atoms with E-state index < -0.39 is 0 Å². The summed E-state index contributed by atoms with van der Waals surface area (Å²) in [4.78, 5) is 24.7. The lowest BCUT2D eigenvalue weighted by atomic mass is 10.0. The molecule has 0 saturated carbocycles. The summed E-state index contributed by atoms with van der Waals surface area (Å²) < 4.78 is 0. The number of piperazine rings is 1. The van der Waals surface area contributed by atoms with Crippen LogP contribution in [0.3, 0.4) is 0 Å². The van der Waals surface area contributed by atoms with Gasteiger partial charge in [-0.3, -0.25) is 9.59 Å². The highest BCUT2D eigenvalue weighted by Crippen LogP contribution is 2.11. The summed E-state index contributed by atoms with van der Waals surface area (Å²) in [6.07, 6.45) is 2.33. The van der Waals surface area contributed by atoms with Crippen molar-refractivity contribution < 1.29 is 9.59 Å². The topological polar surface area (TPSA) is 49.4 Å². The molecule has 2 amide bonds. The van der Waals surface area contributed by atoms with Crippen molar-refractivity contribution >= 4 is 11.8 Å². The van der Waals surface area contributed by atoms with Crippen molar-refractivity contribution in [2.24, 2.45) is 5.92 Å². The summed E-state index contributed by atoms with van der Waals surface area (Å²) in [7, 11) is 0. The molecule has 0 radical (unpaired) electrons. The molecule has 1 saturated heterocycles. The smallest absolute Gasteiger partial charge is 0.245 e. The van der Waals surface area contributed by atoms with E-state index in [1.165, 1.54) is 0 Å². The minimum absolute atomic E-state index is 0.00296. The fourth-order valence-corrected chi connectivity index (χ4v) is 1.71. The van der Waals surface area contributed by atoms with E-state index in [9.17, 15) is 9.59 Å². The number of hydrogen-bond acceptors (Lipinski definition) is 2. The maximum atomic E-state index is 11.9. The summed E-state index contributed by atoms with van der Waals surface area (Å²) in [6.45, 7) is 8.24. The predicted octanol–water partition coefficient (Wildman–Crippen LogP) is 0.545. The van der Waals surface area contributed by atoms with Gasteiger partial charge in [0.05, 0.1) is 6.54 Å². The fourth-order valence-electron chi connectivity index (χ4n) is 1.71. The molecule has 4 nitrogen and oxygen atoms in total. The Morgan fingerprint density at radius 3 is 2.80 bits per heavy atom. The van der Waals surface area contributed by atoms with Gasteiger partial charge in [0.1, 0.15) is 6.04 Å². The molecule has 1 aliphatic heterocycles. The molecule has 1 fully saturated rings. The second-order valence-electron chi connectivity index (χ2n) is 4.26. The summed E-state index contributed by atoms with van der Waals surface area (Å²) in [6, 6.07) is -0.355. The maximum Gasteiger partial charge on any atom is 0.245 e. The van der Waals surface area contributed by atoms with E-state index in [0.29, 0.717) is 18.9 Å². The van der Waals surface area contributed by atoms with Crippen LogP contribution in [0.15, 0.2) is 12.7 Å². The fraction of sp³-hybridized carbons (Fsp3) is 0.636. The van der Waals surface area contributed by atoms with Crippen LogP contribution in [-0.4, -0.2) is 35.8 Å². The molecule has 1 heterocycles. The van der Waals surface area contributed by atoms with Crippen molar-refractivity contribution in [3.8, 4) is 0 Å². The Balaban J connectivity index is 2.67. The molecule has 0 aromatic heterocycles. The highest BCUT2D eigenvalue weighted by molar-refractivity contribution is 5.94. The van der Waals surface area contributed by atoms with Gasteiger partial charge in [-0.05, 0) is 12.3 Å². The van der Waals surface area contributed by atoms with Crippen LogP contribution in [0.5, 0.6) is 0 Å². The third-order valence-corrected chi connectivity index (χ3v) is 2.34. The van der Waals surface area contributed by atoms with E-state index in [0.717, 1.165) is 0 Å². The van der Waals surface area contributed by atoms with Gasteiger partial charge >= 0.3 is 0 Å². The van der Waals surface area contributed by atoms with Crippen molar-refractivity contribution in [1.29, 1.82) is 0 Å². The number of nitrogens with zero attached hydrogens (tertiary/aromatic N) is 1. The van der Waals surface area contributed by atoms with Gasteiger partial charge in [-0.1, -0.05) is 19.9 Å². The van der Waals surface area contributed by atoms with E-state index in [1.54, 1.807) is 11.0 Å². The van der Waals surface area contributed by atoms with E-state index in [4.69, 9.17) is 0 Å². The lowest BCUT2D eigenvalue weighted by molar-refractivity contribution is -0.144. The van der Waals surface area contributed by atoms with Gasteiger partial charge in [-0.2, -0.15) is 0 Å². The first-order valence-electron chi connectivity index (χ1n) is 5.23. The van der Waals surface area contributed by atoms with Gasteiger partial charge in [-0.15, -0.1) is 6.58 Å². The highest BCUT2D eigenvalue weighted by Gasteiger charge is 2.31. The van der Waals surface area contributed by atoms with Gasteiger partial charge in [0.2, 0.25) is 11.8 Å². The first-order valence-corrected chi connectivity index (χ1v) is 5.23. The molecule has 1 aliphatic rings. The standard InChI is InChI=1S/C11H18N2O2/c1-4-5-13-7-10(14)12-9(11(13)15)6-8(2)3/h4,8-9H,1,5-7H2,2-3H3,(H,12,14)/t9-/m0/s1. The molecule has 15 heavy (non-hydrogen) atoms. The molecular formula is C11H18N2O2. The third kappa shape index (κ3) is 3.08. The van der Waals surface area contributed by atoms with E-state index in [2.05, 4.69) is 11.9 Å². The molecule has 0 unspecified atom stereocenters. The van der Waals surface area contributed by atoms with Crippen LogP contribution < -0.4 is 5.32 Å².